The first kappa shape index (κ1) is 14.8. The molecule has 0 bridgehead atoms. The van der Waals surface area contributed by atoms with E-state index >= 15 is 0 Å². The third kappa shape index (κ3) is 2.95. The number of benzene rings is 1. The van der Waals surface area contributed by atoms with E-state index in [1.165, 1.54) is 0 Å². The summed E-state index contributed by atoms with van der Waals surface area (Å²) in [4.78, 5) is 12.0. The number of amides is 1. The lowest BCUT2D eigenvalue weighted by Crippen LogP contribution is -2.34. The first-order valence-corrected chi connectivity index (χ1v) is 6.39. The number of rotatable bonds is 3. The second-order valence-electron chi connectivity index (χ2n) is 4.84. The topological polar surface area (TPSA) is 74.5 Å². The highest BCUT2D eigenvalue weighted by atomic mass is 35.5. The van der Waals surface area contributed by atoms with E-state index in [9.17, 15) is 9.90 Å². The van der Waals surface area contributed by atoms with Crippen molar-refractivity contribution in [3.8, 4) is 0 Å². The van der Waals surface area contributed by atoms with E-state index in [0.717, 1.165) is 11.9 Å². The van der Waals surface area contributed by atoms with Crippen LogP contribution in [0.4, 0.5) is 0 Å². The van der Waals surface area contributed by atoms with Crippen LogP contribution in [0.25, 0.3) is 11.0 Å². The molecule has 2 atom stereocenters. The summed E-state index contributed by atoms with van der Waals surface area (Å²) >= 11 is 0. The Morgan fingerprint density at radius 3 is 2.90 bits per heavy atom. The lowest BCUT2D eigenvalue weighted by Gasteiger charge is -2.13. The molecule has 2 aromatic rings. The molecule has 5 nitrogen and oxygen atoms in total. The Morgan fingerprint density at radius 2 is 2.20 bits per heavy atom. The monoisotopic (exact) mass is 296 g/mol. The van der Waals surface area contributed by atoms with Crippen LogP contribution >= 0.6 is 12.4 Å². The summed E-state index contributed by atoms with van der Waals surface area (Å²) in [5, 5.41) is 16.4. The van der Waals surface area contributed by atoms with Crippen LogP contribution in [-0.4, -0.2) is 36.8 Å². The highest BCUT2D eigenvalue weighted by Gasteiger charge is 2.25. The van der Waals surface area contributed by atoms with Crippen molar-refractivity contribution in [2.24, 2.45) is 5.92 Å². The Bertz CT molecular complexity index is 566. The van der Waals surface area contributed by atoms with Crippen LogP contribution in [0.15, 0.2) is 34.7 Å². The van der Waals surface area contributed by atoms with Crippen molar-refractivity contribution in [1.29, 1.82) is 0 Å². The van der Waals surface area contributed by atoms with Gasteiger partial charge in [0.25, 0.3) is 5.91 Å². The van der Waals surface area contributed by atoms with Crippen LogP contribution in [0.2, 0.25) is 0 Å². The predicted octanol–water partition coefficient (Wildman–Crippen LogP) is 1.16. The molecular weight excluding hydrogens is 280 g/mol. The lowest BCUT2D eigenvalue weighted by atomic mass is 10.1. The van der Waals surface area contributed by atoms with E-state index < -0.39 is 6.10 Å². The molecular formula is C14H17ClN2O3. The van der Waals surface area contributed by atoms with Gasteiger partial charge in [-0.15, -0.1) is 12.4 Å². The summed E-state index contributed by atoms with van der Waals surface area (Å²) in [6, 6.07) is 9.24. The molecule has 108 valence electrons. The molecule has 20 heavy (non-hydrogen) atoms. The van der Waals surface area contributed by atoms with Crippen LogP contribution in [0.5, 0.6) is 0 Å². The number of nitrogens with one attached hydrogen (secondary N) is 2. The summed E-state index contributed by atoms with van der Waals surface area (Å²) in [6.07, 6.45) is -0.393. The Morgan fingerprint density at radius 1 is 1.40 bits per heavy atom. The van der Waals surface area contributed by atoms with Crippen molar-refractivity contribution in [3.63, 3.8) is 0 Å². The minimum atomic E-state index is -0.393. The van der Waals surface area contributed by atoms with Crippen LogP contribution in [-0.2, 0) is 0 Å². The van der Waals surface area contributed by atoms with Crippen molar-refractivity contribution < 1.29 is 14.3 Å². The van der Waals surface area contributed by atoms with Gasteiger partial charge in [0, 0.05) is 30.9 Å². The molecule has 1 aromatic heterocycles. The fraction of sp³-hybridized carbons (Fsp3) is 0.357. The summed E-state index contributed by atoms with van der Waals surface area (Å²) < 4.78 is 5.48. The Kier molecular flexibility index (Phi) is 4.65. The maximum absolute atomic E-state index is 12.0. The average Bonchev–Trinajstić information content (AvgIpc) is 3.01. The molecule has 1 aliphatic rings. The van der Waals surface area contributed by atoms with Gasteiger partial charge in [0.05, 0.1) is 6.10 Å². The number of para-hydroxylation sites is 1. The molecule has 1 fully saturated rings. The Labute approximate surface area is 122 Å². The molecule has 0 saturated carbocycles. The number of hydrogen-bond acceptors (Lipinski definition) is 4. The fourth-order valence-electron chi connectivity index (χ4n) is 2.33. The zero-order valence-electron chi connectivity index (χ0n) is 10.8. The van der Waals surface area contributed by atoms with Gasteiger partial charge in [0.15, 0.2) is 5.76 Å². The summed E-state index contributed by atoms with van der Waals surface area (Å²) in [6.45, 7) is 1.76. The quantitative estimate of drug-likeness (QED) is 0.795. The molecule has 2 unspecified atom stereocenters. The number of carbonyl (C=O) groups is 1. The maximum atomic E-state index is 12.0. The highest BCUT2D eigenvalue weighted by molar-refractivity contribution is 5.96. The van der Waals surface area contributed by atoms with Crippen LogP contribution in [0, 0.1) is 5.92 Å². The Balaban J connectivity index is 0.00000147. The van der Waals surface area contributed by atoms with Crippen LogP contribution in [0.3, 0.4) is 0 Å². The lowest BCUT2D eigenvalue weighted by molar-refractivity contribution is 0.0902. The standard InChI is InChI=1S/C14H16N2O3.ClH/c17-11-8-15-6-10(11)7-16-14(18)13-5-9-3-1-2-4-12(9)19-13;/h1-5,10-11,15,17H,6-8H2,(H,16,18);1H. The molecule has 0 radical (unpaired) electrons. The maximum Gasteiger partial charge on any atom is 0.287 e. The summed E-state index contributed by atoms with van der Waals surface area (Å²) in [5.74, 6) is 0.130. The number of aliphatic hydroxyl groups is 1. The SMILES string of the molecule is Cl.O=C(NCC1CNCC1O)c1cc2ccccc2o1. The van der Waals surface area contributed by atoms with E-state index in [1.54, 1.807) is 6.07 Å². The second-order valence-corrected chi connectivity index (χ2v) is 4.84. The molecule has 0 spiro atoms. The fourth-order valence-corrected chi connectivity index (χ4v) is 2.33. The minimum Gasteiger partial charge on any atom is -0.451 e. The molecule has 1 saturated heterocycles. The van der Waals surface area contributed by atoms with Crippen LogP contribution in [0.1, 0.15) is 10.6 Å². The number of fused-ring (bicyclic) bond motifs is 1. The van der Waals surface area contributed by atoms with Gasteiger partial charge in [0.2, 0.25) is 0 Å². The number of furan rings is 1. The molecule has 3 N–H and O–H groups in total. The summed E-state index contributed by atoms with van der Waals surface area (Å²) in [5.41, 5.74) is 0.704. The van der Waals surface area contributed by atoms with Crippen molar-refractivity contribution in [2.45, 2.75) is 6.10 Å². The third-order valence-corrected chi connectivity index (χ3v) is 3.48. The zero-order chi connectivity index (χ0) is 13.2. The van der Waals surface area contributed by atoms with Crippen molar-refractivity contribution in [2.75, 3.05) is 19.6 Å². The molecule has 1 aliphatic heterocycles. The number of halogens is 1. The molecule has 2 heterocycles. The zero-order valence-corrected chi connectivity index (χ0v) is 11.7. The average molecular weight is 297 g/mol. The smallest absolute Gasteiger partial charge is 0.287 e. The number of β-amino-alcohol motifs (C(OH)–C–C–N with tert-alkyl or cyclic N) is 1. The highest BCUT2D eigenvalue weighted by Crippen LogP contribution is 2.18. The number of hydrogen-bond donors (Lipinski definition) is 3. The molecule has 1 amide bonds. The molecule has 1 aromatic carbocycles. The predicted molar refractivity (Wildman–Crippen MR) is 78.2 cm³/mol. The first-order chi connectivity index (χ1) is 9.24. The van der Waals surface area contributed by atoms with Gasteiger partial charge in [-0.2, -0.15) is 0 Å². The van der Waals surface area contributed by atoms with Gasteiger partial charge >= 0.3 is 0 Å². The van der Waals surface area contributed by atoms with Crippen molar-refractivity contribution >= 4 is 29.3 Å². The van der Waals surface area contributed by atoms with E-state index in [-0.39, 0.29) is 24.2 Å². The van der Waals surface area contributed by atoms with E-state index in [0.29, 0.717) is 24.4 Å². The van der Waals surface area contributed by atoms with Crippen molar-refractivity contribution in [3.05, 3.63) is 36.1 Å². The van der Waals surface area contributed by atoms with E-state index in [1.807, 2.05) is 24.3 Å². The first-order valence-electron chi connectivity index (χ1n) is 6.39. The number of aliphatic hydroxyl groups excluding tert-OH is 1. The minimum absolute atomic E-state index is 0. The molecule has 6 heteroatoms. The van der Waals surface area contributed by atoms with Crippen molar-refractivity contribution in [1.82, 2.24) is 10.6 Å². The second kappa shape index (κ2) is 6.26. The van der Waals surface area contributed by atoms with Crippen LogP contribution < -0.4 is 10.6 Å². The summed E-state index contributed by atoms with van der Waals surface area (Å²) in [7, 11) is 0. The molecule has 0 aliphatic carbocycles. The van der Waals surface area contributed by atoms with Gasteiger partial charge < -0.3 is 20.2 Å². The van der Waals surface area contributed by atoms with Gasteiger partial charge in [-0.05, 0) is 12.1 Å². The van der Waals surface area contributed by atoms with E-state index in [2.05, 4.69) is 10.6 Å². The number of carbonyl (C=O) groups excluding carboxylic acids is 1. The van der Waals surface area contributed by atoms with E-state index in [4.69, 9.17) is 4.42 Å². The normalized spacial score (nSPS) is 21.6. The van der Waals surface area contributed by atoms with Gasteiger partial charge in [-0.25, -0.2) is 0 Å². The largest absolute Gasteiger partial charge is 0.451 e. The van der Waals surface area contributed by atoms with Gasteiger partial charge in [-0.1, -0.05) is 18.2 Å². The Hall–Kier alpha value is -1.56. The van der Waals surface area contributed by atoms with Gasteiger partial charge in [0.1, 0.15) is 5.58 Å². The third-order valence-electron chi connectivity index (χ3n) is 3.48. The molecule has 3 rings (SSSR count). The van der Waals surface area contributed by atoms with Gasteiger partial charge in [-0.3, -0.25) is 4.79 Å².